The number of nitrogen functional groups attached to an aromatic ring is 1. The standard InChI is InChI=1S/C28H30N6O3/c1-19-23(11-12-25(29)33-19)15-31-26(36)17-34-24(22-9-7-21(18-35)8-10-22)16-32-27(28(34)37)30-14-13-20-5-3-2-4-6-20/h2-12,16,35H,13-15,17-18H2,1H3,(H2,29,33)(H,30,32)(H,31,36). The van der Waals surface area contributed by atoms with Crippen molar-refractivity contribution < 1.29 is 9.90 Å². The van der Waals surface area contributed by atoms with Gasteiger partial charge in [-0.05, 0) is 41.7 Å². The number of pyridine rings is 1. The second-order valence-electron chi connectivity index (χ2n) is 8.66. The summed E-state index contributed by atoms with van der Waals surface area (Å²) in [5.41, 5.74) is 10.00. The number of amides is 1. The Kier molecular flexibility index (Phi) is 8.27. The molecule has 0 radical (unpaired) electrons. The zero-order valence-electron chi connectivity index (χ0n) is 20.6. The van der Waals surface area contributed by atoms with Crippen molar-refractivity contribution in [2.24, 2.45) is 0 Å². The second-order valence-corrected chi connectivity index (χ2v) is 8.66. The van der Waals surface area contributed by atoms with Gasteiger partial charge in [0.1, 0.15) is 12.4 Å². The summed E-state index contributed by atoms with van der Waals surface area (Å²) < 4.78 is 1.41. The van der Waals surface area contributed by atoms with Crippen LogP contribution in [0, 0.1) is 6.92 Å². The van der Waals surface area contributed by atoms with E-state index >= 15 is 0 Å². The van der Waals surface area contributed by atoms with Crippen LogP contribution in [0.3, 0.4) is 0 Å². The van der Waals surface area contributed by atoms with Crippen molar-refractivity contribution in [2.75, 3.05) is 17.6 Å². The van der Waals surface area contributed by atoms with Gasteiger partial charge in [0.15, 0.2) is 5.82 Å². The molecule has 9 nitrogen and oxygen atoms in total. The predicted octanol–water partition coefficient (Wildman–Crippen LogP) is 2.66. The van der Waals surface area contributed by atoms with Crippen LogP contribution >= 0.6 is 0 Å². The van der Waals surface area contributed by atoms with Crippen LogP contribution in [-0.2, 0) is 30.9 Å². The fourth-order valence-corrected chi connectivity index (χ4v) is 3.94. The Balaban J connectivity index is 1.55. The molecule has 0 aliphatic rings. The van der Waals surface area contributed by atoms with E-state index in [1.807, 2.05) is 43.3 Å². The lowest BCUT2D eigenvalue weighted by molar-refractivity contribution is -0.121. The third kappa shape index (κ3) is 6.59. The van der Waals surface area contributed by atoms with Gasteiger partial charge < -0.3 is 21.5 Å². The van der Waals surface area contributed by atoms with Gasteiger partial charge in [-0.2, -0.15) is 0 Å². The first-order chi connectivity index (χ1) is 17.9. The van der Waals surface area contributed by atoms with E-state index in [4.69, 9.17) is 5.73 Å². The number of carbonyl (C=O) groups excluding carboxylic acids is 1. The number of nitrogens with one attached hydrogen (secondary N) is 2. The summed E-state index contributed by atoms with van der Waals surface area (Å²) in [7, 11) is 0. The maximum absolute atomic E-state index is 13.4. The second kappa shape index (κ2) is 12.0. The fraction of sp³-hybridized carbons (Fsp3) is 0.214. The van der Waals surface area contributed by atoms with Crippen molar-refractivity contribution in [1.82, 2.24) is 19.9 Å². The molecule has 0 bridgehead atoms. The highest BCUT2D eigenvalue weighted by Crippen LogP contribution is 2.19. The molecule has 9 heteroatoms. The highest BCUT2D eigenvalue weighted by molar-refractivity contribution is 5.77. The zero-order valence-corrected chi connectivity index (χ0v) is 20.6. The third-order valence-electron chi connectivity index (χ3n) is 6.03. The number of benzene rings is 2. The van der Waals surface area contributed by atoms with Gasteiger partial charge in [-0.3, -0.25) is 14.2 Å². The first-order valence-corrected chi connectivity index (χ1v) is 12.0. The number of hydrogen-bond donors (Lipinski definition) is 4. The van der Waals surface area contributed by atoms with E-state index in [0.717, 1.165) is 28.8 Å². The highest BCUT2D eigenvalue weighted by atomic mass is 16.3. The van der Waals surface area contributed by atoms with Crippen molar-refractivity contribution in [3.05, 3.63) is 106 Å². The predicted molar refractivity (Wildman–Crippen MR) is 144 cm³/mol. The average molecular weight is 499 g/mol. The Hall–Kier alpha value is -4.50. The molecule has 2 heterocycles. The summed E-state index contributed by atoms with van der Waals surface area (Å²) in [6.45, 7) is 2.34. The molecule has 0 atom stereocenters. The molecule has 0 spiro atoms. The van der Waals surface area contributed by atoms with E-state index in [1.165, 1.54) is 4.57 Å². The molecule has 0 aliphatic carbocycles. The largest absolute Gasteiger partial charge is 0.392 e. The maximum Gasteiger partial charge on any atom is 0.294 e. The van der Waals surface area contributed by atoms with Crippen LogP contribution in [0.15, 0.2) is 77.7 Å². The molecule has 190 valence electrons. The van der Waals surface area contributed by atoms with Crippen molar-refractivity contribution >= 4 is 17.5 Å². The normalized spacial score (nSPS) is 10.8. The number of aliphatic hydroxyl groups excluding tert-OH is 1. The molecule has 0 saturated carbocycles. The Morgan fingerprint density at radius 1 is 1.03 bits per heavy atom. The molecule has 5 N–H and O–H groups in total. The SMILES string of the molecule is Cc1nc(N)ccc1CNC(=O)Cn1c(-c2ccc(CO)cc2)cnc(NCCc2ccccc2)c1=O. The number of hydrogen-bond acceptors (Lipinski definition) is 7. The molecule has 0 fully saturated rings. The van der Waals surface area contributed by atoms with Crippen molar-refractivity contribution in [2.45, 2.75) is 33.0 Å². The van der Waals surface area contributed by atoms with E-state index in [0.29, 0.717) is 23.6 Å². The summed E-state index contributed by atoms with van der Waals surface area (Å²) >= 11 is 0. The lowest BCUT2D eigenvalue weighted by atomic mass is 10.1. The summed E-state index contributed by atoms with van der Waals surface area (Å²) in [5, 5.41) is 15.3. The van der Waals surface area contributed by atoms with E-state index in [1.54, 1.807) is 36.5 Å². The van der Waals surface area contributed by atoms with Crippen LogP contribution in [0.4, 0.5) is 11.6 Å². The number of aliphatic hydroxyl groups is 1. The monoisotopic (exact) mass is 498 g/mol. The number of rotatable bonds is 10. The molecular formula is C28H30N6O3. The van der Waals surface area contributed by atoms with Gasteiger partial charge in [-0.1, -0.05) is 60.7 Å². The molecule has 2 aromatic carbocycles. The summed E-state index contributed by atoms with van der Waals surface area (Å²) in [4.78, 5) is 34.9. The maximum atomic E-state index is 13.4. The Morgan fingerprint density at radius 3 is 2.49 bits per heavy atom. The first-order valence-electron chi connectivity index (χ1n) is 12.0. The van der Waals surface area contributed by atoms with Crippen LogP contribution in [0.25, 0.3) is 11.3 Å². The minimum atomic E-state index is -0.391. The highest BCUT2D eigenvalue weighted by Gasteiger charge is 2.15. The lowest BCUT2D eigenvalue weighted by Gasteiger charge is -2.15. The molecule has 0 aliphatic heterocycles. The van der Waals surface area contributed by atoms with Crippen LogP contribution < -0.4 is 21.9 Å². The average Bonchev–Trinajstić information content (AvgIpc) is 2.91. The van der Waals surface area contributed by atoms with Gasteiger partial charge in [0.05, 0.1) is 18.5 Å². The lowest BCUT2D eigenvalue weighted by Crippen LogP contribution is -2.34. The smallest absolute Gasteiger partial charge is 0.294 e. The van der Waals surface area contributed by atoms with Crippen LogP contribution in [-0.4, -0.2) is 32.1 Å². The third-order valence-corrected chi connectivity index (χ3v) is 6.03. The Bertz CT molecular complexity index is 1420. The van der Waals surface area contributed by atoms with Crippen LogP contribution in [0.1, 0.15) is 22.4 Å². The summed E-state index contributed by atoms with van der Waals surface area (Å²) in [5.74, 6) is 0.270. The van der Waals surface area contributed by atoms with Crippen LogP contribution in [0.2, 0.25) is 0 Å². The molecule has 2 aromatic heterocycles. The number of anilines is 2. The van der Waals surface area contributed by atoms with Crippen LogP contribution in [0.5, 0.6) is 0 Å². The van der Waals surface area contributed by atoms with E-state index in [2.05, 4.69) is 20.6 Å². The van der Waals surface area contributed by atoms with E-state index < -0.39 is 5.56 Å². The van der Waals surface area contributed by atoms with E-state index in [9.17, 15) is 14.7 Å². The first kappa shape index (κ1) is 25.6. The molecule has 37 heavy (non-hydrogen) atoms. The fourth-order valence-electron chi connectivity index (χ4n) is 3.94. The molecule has 0 saturated heterocycles. The molecule has 4 aromatic rings. The van der Waals surface area contributed by atoms with Crippen molar-refractivity contribution in [1.29, 1.82) is 0 Å². The van der Waals surface area contributed by atoms with Crippen molar-refractivity contribution in [3.63, 3.8) is 0 Å². The van der Waals surface area contributed by atoms with Gasteiger partial charge >= 0.3 is 0 Å². The molecule has 0 unspecified atom stereocenters. The quantitative estimate of drug-likeness (QED) is 0.264. The number of carbonyl (C=O) groups is 1. The summed E-state index contributed by atoms with van der Waals surface area (Å²) in [6, 6.07) is 20.6. The molecular weight excluding hydrogens is 468 g/mol. The Labute approximate surface area is 215 Å². The minimum Gasteiger partial charge on any atom is -0.392 e. The number of nitrogens with zero attached hydrogens (tertiary/aromatic N) is 3. The van der Waals surface area contributed by atoms with Crippen molar-refractivity contribution in [3.8, 4) is 11.3 Å². The van der Waals surface area contributed by atoms with Gasteiger partial charge in [-0.15, -0.1) is 0 Å². The van der Waals surface area contributed by atoms with E-state index in [-0.39, 0.29) is 31.4 Å². The number of aromatic nitrogens is 3. The minimum absolute atomic E-state index is 0.0859. The zero-order chi connectivity index (χ0) is 26.2. The molecule has 1 amide bonds. The molecule has 4 rings (SSSR count). The van der Waals surface area contributed by atoms with Gasteiger partial charge in [0.25, 0.3) is 5.56 Å². The topological polar surface area (TPSA) is 135 Å². The Morgan fingerprint density at radius 2 is 1.78 bits per heavy atom. The number of nitrogens with two attached hydrogens (primary N) is 1. The van der Waals surface area contributed by atoms with Gasteiger partial charge in [0.2, 0.25) is 5.91 Å². The van der Waals surface area contributed by atoms with Gasteiger partial charge in [0, 0.05) is 18.8 Å². The van der Waals surface area contributed by atoms with Gasteiger partial charge in [-0.25, -0.2) is 9.97 Å². The number of aryl methyl sites for hydroxylation is 1. The summed E-state index contributed by atoms with van der Waals surface area (Å²) in [6.07, 6.45) is 2.31.